The first-order chi connectivity index (χ1) is 9.46. The van der Waals surface area contributed by atoms with Gasteiger partial charge in [0.2, 0.25) is 0 Å². The zero-order valence-electron chi connectivity index (χ0n) is 11.0. The first kappa shape index (κ1) is 17.0. The minimum Gasteiger partial charge on any atom is -0.465 e. The van der Waals surface area contributed by atoms with Crippen molar-refractivity contribution in [2.75, 3.05) is 13.4 Å². The monoisotopic (exact) mass is 419 g/mol. The average molecular weight is 421 g/mol. The number of hydrogen-bond donors (Lipinski definition) is 1. The van der Waals surface area contributed by atoms with Gasteiger partial charge < -0.3 is 4.74 Å². The molecule has 0 saturated carbocycles. The van der Waals surface area contributed by atoms with Crippen molar-refractivity contribution >= 4 is 60.4 Å². The number of halogens is 2. The van der Waals surface area contributed by atoms with Gasteiger partial charge in [0.15, 0.2) is 11.4 Å². The minimum absolute atomic E-state index is 0.356. The van der Waals surface area contributed by atoms with E-state index < -0.39 is 5.97 Å². The van der Waals surface area contributed by atoms with Crippen molar-refractivity contribution < 1.29 is 9.53 Å². The van der Waals surface area contributed by atoms with E-state index in [1.165, 1.54) is 18.9 Å². The van der Waals surface area contributed by atoms with Crippen molar-refractivity contribution in [1.29, 1.82) is 5.26 Å². The van der Waals surface area contributed by atoms with E-state index in [1.54, 1.807) is 12.3 Å². The zero-order valence-corrected chi connectivity index (χ0v) is 14.9. The van der Waals surface area contributed by atoms with Gasteiger partial charge in [-0.05, 0) is 56.7 Å². The van der Waals surface area contributed by atoms with Crippen LogP contribution in [0.25, 0.3) is 0 Å². The Morgan fingerprint density at radius 3 is 2.70 bits per heavy atom. The fourth-order valence-electron chi connectivity index (χ4n) is 1.43. The molecule has 0 atom stereocenters. The molecule has 1 aromatic carbocycles. The third-order valence-electron chi connectivity index (χ3n) is 2.34. The van der Waals surface area contributed by atoms with Crippen LogP contribution in [0.3, 0.4) is 0 Å². The van der Waals surface area contributed by atoms with E-state index in [0.717, 1.165) is 5.56 Å². The summed E-state index contributed by atoms with van der Waals surface area (Å²) in [6.45, 7) is 1.86. The lowest BCUT2D eigenvalue weighted by atomic mass is 10.1. The summed E-state index contributed by atoms with van der Waals surface area (Å²) in [6.07, 6.45) is 3.62. The summed E-state index contributed by atoms with van der Waals surface area (Å²) in [5.41, 5.74) is 1.78. The summed E-state index contributed by atoms with van der Waals surface area (Å²) in [7, 11) is 1.31. The molecular formula is C12H11Br2N3O2S. The second-order valence-electron chi connectivity index (χ2n) is 3.56. The third kappa shape index (κ3) is 3.75. The van der Waals surface area contributed by atoms with Gasteiger partial charge in [-0.3, -0.25) is 5.32 Å². The number of rotatable bonds is 2. The van der Waals surface area contributed by atoms with E-state index in [2.05, 4.69) is 42.2 Å². The second kappa shape index (κ2) is 7.67. The molecule has 0 aromatic heterocycles. The Morgan fingerprint density at radius 2 is 2.20 bits per heavy atom. The molecule has 1 N–H and O–H groups in total. The Morgan fingerprint density at radius 1 is 1.55 bits per heavy atom. The highest BCUT2D eigenvalue weighted by Crippen LogP contribution is 2.38. The largest absolute Gasteiger partial charge is 0.465 e. The molecule has 20 heavy (non-hydrogen) atoms. The van der Waals surface area contributed by atoms with Crippen molar-refractivity contribution in [2.24, 2.45) is 4.99 Å². The van der Waals surface area contributed by atoms with Gasteiger partial charge in [-0.2, -0.15) is 5.26 Å². The molecule has 0 aliphatic carbocycles. The predicted molar refractivity (Wildman–Crippen MR) is 87.3 cm³/mol. The number of thioether (sulfide) groups is 1. The number of aliphatic imine (C=N–C) groups is 1. The molecule has 0 saturated heterocycles. The number of nitriles is 1. The fourth-order valence-corrected chi connectivity index (χ4v) is 3.50. The Labute approximate surface area is 138 Å². The Balaban J connectivity index is 3.49. The SMILES string of the molecule is COC(=O)c1c(Br)cc(C)c(N=C(NC#N)SC)c1Br. The van der Waals surface area contributed by atoms with Crippen molar-refractivity contribution in [3.8, 4) is 6.19 Å². The molecule has 8 heteroatoms. The van der Waals surface area contributed by atoms with E-state index in [4.69, 9.17) is 10.00 Å². The van der Waals surface area contributed by atoms with Crippen molar-refractivity contribution in [3.05, 3.63) is 26.1 Å². The molecule has 1 aromatic rings. The number of hydrogen-bond acceptors (Lipinski definition) is 5. The molecule has 1 rings (SSSR count). The summed E-state index contributed by atoms with van der Waals surface area (Å²) in [6, 6.07) is 1.78. The van der Waals surface area contributed by atoms with Crippen LogP contribution in [0.1, 0.15) is 15.9 Å². The molecule has 0 bridgehead atoms. The summed E-state index contributed by atoms with van der Waals surface area (Å²) in [4.78, 5) is 16.2. The lowest BCUT2D eigenvalue weighted by Crippen LogP contribution is -2.13. The lowest BCUT2D eigenvalue weighted by Gasteiger charge is -2.11. The second-order valence-corrected chi connectivity index (χ2v) is 6.00. The number of aryl methyl sites for hydroxylation is 1. The number of esters is 1. The van der Waals surface area contributed by atoms with Gasteiger partial charge in [0.05, 0.1) is 22.8 Å². The smallest absolute Gasteiger partial charge is 0.340 e. The predicted octanol–water partition coefficient (Wildman–Crippen LogP) is 3.73. The average Bonchev–Trinajstić information content (AvgIpc) is 2.41. The van der Waals surface area contributed by atoms with Gasteiger partial charge >= 0.3 is 5.97 Å². The van der Waals surface area contributed by atoms with Gasteiger partial charge in [-0.1, -0.05) is 11.8 Å². The van der Waals surface area contributed by atoms with E-state index in [0.29, 0.717) is 25.4 Å². The van der Waals surface area contributed by atoms with Crippen molar-refractivity contribution in [2.45, 2.75) is 6.92 Å². The molecule has 0 amide bonds. The summed E-state index contributed by atoms with van der Waals surface area (Å²) in [5.74, 6) is -0.473. The van der Waals surface area contributed by atoms with Crippen molar-refractivity contribution in [1.82, 2.24) is 5.32 Å². The van der Waals surface area contributed by atoms with E-state index >= 15 is 0 Å². The van der Waals surface area contributed by atoms with E-state index in [-0.39, 0.29) is 0 Å². The maximum atomic E-state index is 11.8. The molecule has 0 fully saturated rings. The van der Waals surface area contributed by atoms with Crippen LogP contribution in [-0.4, -0.2) is 24.5 Å². The number of carbonyl (C=O) groups is 1. The fraction of sp³-hybridized carbons (Fsp3) is 0.250. The highest BCUT2D eigenvalue weighted by Gasteiger charge is 2.20. The van der Waals surface area contributed by atoms with Crippen LogP contribution in [0.5, 0.6) is 0 Å². The maximum absolute atomic E-state index is 11.8. The molecule has 0 aliphatic rings. The normalized spacial score (nSPS) is 10.9. The molecule has 0 heterocycles. The maximum Gasteiger partial charge on any atom is 0.340 e. The first-order valence-electron chi connectivity index (χ1n) is 5.31. The summed E-state index contributed by atoms with van der Waals surface area (Å²) in [5, 5.41) is 11.6. The number of benzene rings is 1. The summed E-state index contributed by atoms with van der Waals surface area (Å²) < 4.78 is 5.88. The minimum atomic E-state index is -0.473. The van der Waals surface area contributed by atoms with Gasteiger partial charge in [-0.25, -0.2) is 9.79 Å². The molecule has 0 aliphatic heterocycles. The molecule has 0 radical (unpaired) electrons. The van der Waals surface area contributed by atoms with Crippen LogP contribution >= 0.6 is 43.6 Å². The van der Waals surface area contributed by atoms with Crippen LogP contribution in [0.15, 0.2) is 20.0 Å². The molecule has 0 unspecified atom stereocenters. The van der Waals surface area contributed by atoms with Gasteiger partial charge in [0.25, 0.3) is 0 Å². The zero-order chi connectivity index (χ0) is 15.3. The quantitative estimate of drug-likeness (QED) is 0.259. The first-order valence-corrected chi connectivity index (χ1v) is 8.12. The third-order valence-corrected chi connectivity index (χ3v) is 4.32. The lowest BCUT2D eigenvalue weighted by molar-refractivity contribution is 0.0598. The Bertz CT molecular complexity index is 612. The van der Waals surface area contributed by atoms with Crippen molar-refractivity contribution in [3.63, 3.8) is 0 Å². The summed E-state index contributed by atoms with van der Waals surface area (Å²) >= 11 is 8.01. The molecule has 106 valence electrons. The van der Waals surface area contributed by atoms with Crippen LogP contribution in [0, 0.1) is 18.4 Å². The van der Waals surface area contributed by atoms with Gasteiger partial charge in [0, 0.05) is 4.47 Å². The number of nitrogens with one attached hydrogen (secondary N) is 1. The molecule has 5 nitrogen and oxygen atoms in total. The molecular weight excluding hydrogens is 410 g/mol. The van der Waals surface area contributed by atoms with E-state index in [9.17, 15) is 4.79 Å². The number of carbonyl (C=O) groups excluding carboxylic acids is 1. The van der Waals surface area contributed by atoms with Gasteiger partial charge in [0.1, 0.15) is 0 Å². The van der Waals surface area contributed by atoms with Crippen LogP contribution in [0.4, 0.5) is 5.69 Å². The highest BCUT2D eigenvalue weighted by molar-refractivity contribution is 9.11. The van der Waals surface area contributed by atoms with Crippen LogP contribution in [-0.2, 0) is 4.74 Å². The Hall–Kier alpha value is -1.04. The van der Waals surface area contributed by atoms with Gasteiger partial charge in [-0.15, -0.1) is 0 Å². The topological polar surface area (TPSA) is 74.5 Å². The number of methoxy groups -OCH3 is 1. The highest BCUT2D eigenvalue weighted by atomic mass is 79.9. The van der Waals surface area contributed by atoms with Crippen LogP contribution < -0.4 is 5.32 Å². The number of nitrogens with zero attached hydrogens (tertiary/aromatic N) is 2. The van der Waals surface area contributed by atoms with E-state index in [1.807, 2.05) is 13.1 Å². The number of amidine groups is 1. The number of ether oxygens (including phenoxy) is 1. The standard InChI is InChI=1S/C12H11Br2N3O2S/c1-6-4-7(13)8(11(18)19-2)9(14)10(6)17-12(20-3)16-5-15/h4H,1-3H3,(H,16,17). The van der Waals surface area contributed by atoms with Crippen LogP contribution in [0.2, 0.25) is 0 Å². The molecule has 0 spiro atoms. The Kier molecular flexibility index (Phi) is 6.52.